The number of benzene rings is 1. The van der Waals surface area contributed by atoms with Crippen LogP contribution in [0.25, 0.3) is 11.6 Å². The molecule has 0 heterocycles. The molecular weight excluding hydrogens is 236 g/mol. The van der Waals surface area contributed by atoms with Gasteiger partial charge in [0.05, 0.1) is 18.2 Å². The molecule has 1 aliphatic carbocycles. The summed E-state index contributed by atoms with van der Waals surface area (Å²) < 4.78 is 4.96. The van der Waals surface area contributed by atoms with Gasteiger partial charge in [-0.25, -0.2) is 9.59 Å². The first-order chi connectivity index (χ1) is 8.58. The molecule has 92 valence electrons. The van der Waals surface area contributed by atoms with Gasteiger partial charge in [0.2, 0.25) is 0 Å². The molecule has 0 bridgehead atoms. The van der Waals surface area contributed by atoms with Gasteiger partial charge >= 0.3 is 5.97 Å². The number of hydrogen-bond acceptors (Lipinski definition) is 4. The fourth-order valence-corrected chi connectivity index (χ4v) is 1.86. The van der Waals surface area contributed by atoms with Crippen LogP contribution >= 0.6 is 0 Å². The van der Waals surface area contributed by atoms with E-state index in [1.807, 2.05) is 0 Å². The summed E-state index contributed by atoms with van der Waals surface area (Å²) in [6.45, 7) is 0. The van der Waals surface area contributed by atoms with E-state index >= 15 is 0 Å². The van der Waals surface area contributed by atoms with Crippen molar-refractivity contribution in [2.24, 2.45) is 0 Å². The van der Waals surface area contributed by atoms with E-state index in [1.54, 1.807) is 5.94 Å². The van der Waals surface area contributed by atoms with Crippen LogP contribution < -0.4 is 0 Å². The monoisotopic (exact) mass is 246 g/mol. The van der Waals surface area contributed by atoms with Crippen LogP contribution in [0.2, 0.25) is 0 Å². The Morgan fingerprint density at radius 1 is 1.44 bits per heavy atom. The van der Waals surface area contributed by atoms with Gasteiger partial charge in [0.25, 0.3) is 0 Å². The van der Waals surface area contributed by atoms with E-state index in [0.29, 0.717) is 11.1 Å². The Bertz CT molecular complexity index is 593. The Morgan fingerprint density at radius 2 is 2.17 bits per heavy atom. The van der Waals surface area contributed by atoms with Gasteiger partial charge in [-0.2, -0.15) is 0 Å². The fourth-order valence-electron chi connectivity index (χ4n) is 1.86. The summed E-state index contributed by atoms with van der Waals surface area (Å²) in [5.41, 5.74) is 1.11. The van der Waals surface area contributed by atoms with Crippen LogP contribution in [-0.2, 0) is 9.53 Å². The highest BCUT2D eigenvalue weighted by Crippen LogP contribution is 2.32. The first kappa shape index (κ1) is 12.1. The molecule has 5 heteroatoms. The van der Waals surface area contributed by atoms with Crippen molar-refractivity contribution < 1.29 is 24.5 Å². The highest BCUT2D eigenvalue weighted by atomic mass is 16.5. The summed E-state index contributed by atoms with van der Waals surface area (Å²) in [5.74, 6) is 0.793. The first-order valence-electron chi connectivity index (χ1n) is 5.15. The van der Waals surface area contributed by atoms with Crippen molar-refractivity contribution >= 4 is 23.6 Å². The Kier molecular flexibility index (Phi) is 3.02. The minimum Gasteiger partial charge on any atom is -0.498 e. The first-order valence-corrected chi connectivity index (χ1v) is 5.15. The van der Waals surface area contributed by atoms with E-state index in [1.165, 1.54) is 31.4 Å². The van der Waals surface area contributed by atoms with Crippen LogP contribution in [0.5, 0.6) is 0 Å². The van der Waals surface area contributed by atoms with Crippen molar-refractivity contribution in [3.05, 3.63) is 40.6 Å². The van der Waals surface area contributed by atoms with E-state index in [-0.39, 0.29) is 16.9 Å². The lowest BCUT2D eigenvalue weighted by molar-refractivity contribution is 0.0697. The number of hydrogen-bond donors (Lipinski definition) is 2. The zero-order valence-electron chi connectivity index (χ0n) is 9.51. The van der Waals surface area contributed by atoms with E-state index in [4.69, 9.17) is 9.84 Å². The van der Waals surface area contributed by atoms with Gasteiger partial charge in [0.1, 0.15) is 17.8 Å². The second-order valence-electron chi connectivity index (χ2n) is 3.78. The maximum atomic E-state index is 10.9. The van der Waals surface area contributed by atoms with Gasteiger partial charge in [0, 0.05) is 0 Å². The number of aliphatic hydroxyl groups is 1. The number of carbonyl (C=O) groups is 1. The molecule has 0 saturated carbocycles. The second-order valence-corrected chi connectivity index (χ2v) is 3.78. The summed E-state index contributed by atoms with van der Waals surface area (Å²) in [7, 11) is 1.36. The molecule has 1 atom stereocenters. The standard InChI is InChI=1S/C13H10O5/c1-18-11-5-8-4-7(13(16)17)2-3-9(8)10(6-14)12(11)15/h2-5,12,15H,1H3,(H,16,17). The largest absolute Gasteiger partial charge is 0.498 e. The third kappa shape index (κ3) is 1.82. The summed E-state index contributed by atoms with van der Waals surface area (Å²) >= 11 is 0. The topological polar surface area (TPSA) is 83.8 Å². The number of aromatic carboxylic acids is 1. The molecule has 1 aromatic rings. The molecule has 0 aromatic heterocycles. The molecule has 0 spiro atoms. The van der Waals surface area contributed by atoms with Crippen LogP contribution in [0.1, 0.15) is 21.5 Å². The molecule has 1 aromatic carbocycles. The highest BCUT2D eigenvalue weighted by Gasteiger charge is 2.27. The van der Waals surface area contributed by atoms with Gasteiger partial charge in [-0.05, 0) is 29.3 Å². The van der Waals surface area contributed by atoms with Gasteiger partial charge < -0.3 is 14.9 Å². The van der Waals surface area contributed by atoms with Gasteiger partial charge in [0.15, 0.2) is 0 Å². The minimum absolute atomic E-state index is 0.0429. The lowest BCUT2D eigenvalue weighted by Gasteiger charge is -2.21. The molecule has 5 nitrogen and oxygen atoms in total. The number of carbonyl (C=O) groups excluding carboxylic acids is 1. The Balaban J connectivity index is 2.66. The van der Waals surface area contributed by atoms with E-state index in [2.05, 4.69) is 0 Å². The average molecular weight is 246 g/mol. The smallest absolute Gasteiger partial charge is 0.335 e. The number of fused-ring (bicyclic) bond motifs is 1. The molecule has 0 amide bonds. The second kappa shape index (κ2) is 4.49. The maximum Gasteiger partial charge on any atom is 0.335 e. The lowest BCUT2D eigenvalue weighted by atomic mass is 9.89. The SMILES string of the molecule is COC1=Cc2cc(C(=O)O)ccc2C(=C=O)C1O. The quantitative estimate of drug-likeness (QED) is 0.759. The van der Waals surface area contributed by atoms with E-state index in [9.17, 15) is 14.7 Å². The molecule has 18 heavy (non-hydrogen) atoms. The number of carboxylic acids is 1. The van der Waals surface area contributed by atoms with Crippen molar-refractivity contribution in [3.8, 4) is 0 Å². The van der Waals surface area contributed by atoms with E-state index < -0.39 is 12.1 Å². The van der Waals surface area contributed by atoms with Crippen LogP contribution in [0.3, 0.4) is 0 Å². The predicted octanol–water partition coefficient (Wildman–Crippen LogP) is 0.962. The Hall–Kier alpha value is -2.36. The van der Waals surface area contributed by atoms with Gasteiger partial charge in [-0.1, -0.05) is 6.07 Å². The maximum absolute atomic E-state index is 10.9. The average Bonchev–Trinajstić information content (AvgIpc) is 2.37. The van der Waals surface area contributed by atoms with Crippen molar-refractivity contribution in [2.75, 3.05) is 7.11 Å². The van der Waals surface area contributed by atoms with Crippen molar-refractivity contribution in [1.82, 2.24) is 0 Å². The third-order valence-corrected chi connectivity index (χ3v) is 2.78. The van der Waals surface area contributed by atoms with E-state index in [0.717, 1.165) is 0 Å². The third-order valence-electron chi connectivity index (χ3n) is 2.78. The zero-order valence-corrected chi connectivity index (χ0v) is 9.51. The van der Waals surface area contributed by atoms with Crippen molar-refractivity contribution in [3.63, 3.8) is 0 Å². The minimum atomic E-state index is -1.17. The van der Waals surface area contributed by atoms with Crippen LogP contribution in [-0.4, -0.2) is 35.3 Å². The number of ether oxygens (including phenoxy) is 1. The summed E-state index contributed by atoms with van der Waals surface area (Å²) in [6.07, 6.45) is 0.337. The normalized spacial score (nSPS) is 17.6. The van der Waals surface area contributed by atoms with Crippen LogP contribution in [0.4, 0.5) is 0 Å². The Morgan fingerprint density at radius 3 is 2.72 bits per heavy atom. The molecule has 0 saturated heterocycles. The molecule has 1 unspecified atom stereocenters. The highest BCUT2D eigenvalue weighted by molar-refractivity contribution is 5.98. The molecule has 2 N–H and O–H groups in total. The fraction of sp³-hybridized carbons (Fsp3) is 0.154. The summed E-state index contributed by atoms with van der Waals surface area (Å²) in [4.78, 5) is 21.8. The van der Waals surface area contributed by atoms with Crippen LogP contribution in [0.15, 0.2) is 24.0 Å². The molecule has 1 aliphatic rings. The molecule has 0 aliphatic heterocycles. The summed E-state index contributed by atoms with van der Waals surface area (Å²) in [5, 5.41) is 18.7. The van der Waals surface area contributed by atoms with Crippen molar-refractivity contribution in [2.45, 2.75) is 6.10 Å². The molecular formula is C13H10O5. The zero-order chi connectivity index (χ0) is 13.3. The van der Waals surface area contributed by atoms with Gasteiger partial charge in [-0.3, -0.25) is 0 Å². The molecule has 0 radical (unpaired) electrons. The Labute approximate surface area is 103 Å². The van der Waals surface area contributed by atoms with Crippen LogP contribution in [0, 0.1) is 0 Å². The lowest BCUT2D eigenvalue weighted by Crippen LogP contribution is -2.19. The summed E-state index contributed by atoms with van der Waals surface area (Å²) in [6, 6.07) is 4.27. The van der Waals surface area contributed by atoms with Gasteiger partial charge in [-0.15, -0.1) is 0 Å². The molecule has 0 fully saturated rings. The predicted molar refractivity (Wildman–Crippen MR) is 63.5 cm³/mol. The number of aliphatic hydroxyl groups excluding tert-OH is 1. The molecule has 2 rings (SSSR count). The van der Waals surface area contributed by atoms with Crippen molar-refractivity contribution in [1.29, 1.82) is 0 Å². The number of methoxy groups -OCH3 is 1. The number of rotatable bonds is 2. The number of carboxylic acid groups (broad SMARTS) is 1.